The highest BCUT2D eigenvalue weighted by atomic mass is 32.3. The lowest BCUT2D eigenvalue weighted by Crippen LogP contribution is -2.58. The highest BCUT2D eigenvalue weighted by Crippen LogP contribution is 2.68. The molecule has 0 spiro atoms. The van der Waals surface area contributed by atoms with Gasteiger partial charge in [0.05, 0.1) is 31.5 Å². The van der Waals surface area contributed by atoms with Gasteiger partial charge >= 0.3 is 10.4 Å². The highest BCUT2D eigenvalue weighted by Gasteiger charge is 2.63. The molecule has 12 atom stereocenters. The van der Waals surface area contributed by atoms with E-state index in [4.69, 9.17) is 4.55 Å². The van der Waals surface area contributed by atoms with E-state index < -0.39 is 35.6 Å². The lowest BCUT2D eigenvalue weighted by Gasteiger charge is -2.62. The van der Waals surface area contributed by atoms with Crippen LogP contribution < -0.4 is 0 Å². The van der Waals surface area contributed by atoms with Crippen molar-refractivity contribution in [3.8, 4) is 0 Å². The van der Waals surface area contributed by atoms with Crippen LogP contribution in [0.4, 0.5) is 0 Å². The summed E-state index contributed by atoms with van der Waals surface area (Å²) in [7, 11) is -4.62. The van der Waals surface area contributed by atoms with Gasteiger partial charge in [0.1, 0.15) is 0 Å². The Morgan fingerprint density at radius 1 is 1.00 bits per heavy atom. The molecule has 1 unspecified atom stereocenters. The topological polar surface area (TPSA) is 145 Å². The molecule has 4 fully saturated rings. The zero-order valence-electron chi connectivity index (χ0n) is 22.1. The second-order valence-electron chi connectivity index (χ2n) is 13.2. The van der Waals surface area contributed by atoms with Crippen molar-refractivity contribution in [3.63, 3.8) is 0 Å². The maximum Gasteiger partial charge on any atom is 0.397 e. The smallest absolute Gasteiger partial charge is 0.396 e. The van der Waals surface area contributed by atoms with Gasteiger partial charge in [-0.1, -0.05) is 20.8 Å². The molecule has 4 saturated carbocycles. The average Bonchev–Trinajstić information content (AvgIpc) is 3.17. The first-order valence-corrected chi connectivity index (χ1v) is 15.4. The van der Waals surface area contributed by atoms with Crippen molar-refractivity contribution in [3.05, 3.63) is 0 Å². The van der Waals surface area contributed by atoms with Gasteiger partial charge in [0.25, 0.3) is 0 Å². The molecule has 36 heavy (non-hydrogen) atoms. The Balaban J connectivity index is 1.41. The first-order chi connectivity index (χ1) is 16.8. The largest absolute Gasteiger partial charge is 0.397 e. The first-order valence-electron chi connectivity index (χ1n) is 14.1. The van der Waals surface area contributed by atoms with Crippen molar-refractivity contribution in [2.45, 2.75) is 103 Å². The van der Waals surface area contributed by atoms with Gasteiger partial charge in [0.2, 0.25) is 0 Å². The van der Waals surface area contributed by atoms with E-state index in [0.717, 1.165) is 38.5 Å². The number of rotatable bonds is 9. The molecule has 0 aliphatic heterocycles. The molecule has 4 aliphatic carbocycles. The van der Waals surface area contributed by atoms with Crippen LogP contribution in [0.15, 0.2) is 0 Å². The number of fused-ring (bicyclic) bond motifs is 5. The minimum absolute atomic E-state index is 0.159. The molecular formula is C27H48O8S. The summed E-state index contributed by atoms with van der Waals surface area (Å²) in [6.45, 7) is 6.00. The van der Waals surface area contributed by atoms with Gasteiger partial charge in [0.15, 0.2) is 0 Å². The van der Waals surface area contributed by atoms with Gasteiger partial charge in [-0.2, -0.15) is 8.42 Å². The molecule has 0 bridgehead atoms. The van der Waals surface area contributed by atoms with Crippen LogP contribution in [0, 0.1) is 52.3 Å². The molecule has 9 heteroatoms. The predicted molar refractivity (Wildman–Crippen MR) is 135 cm³/mol. The maximum atomic E-state index is 11.7. The Kier molecular flexibility index (Phi) is 8.53. The summed E-state index contributed by atoms with van der Waals surface area (Å²) in [5.74, 6) is 1.99. The van der Waals surface area contributed by atoms with Gasteiger partial charge in [-0.15, -0.1) is 0 Å². The van der Waals surface area contributed by atoms with E-state index in [2.05, 4.69) is 25.0 Å². The Labute approximate surface area is 216 Å². The van der Waals surface area contributed by atoms with Crippen molar-refractivity contribution in [1.82, 2.24) is 0 Å². The minimum Gasteiger partial charge on any atom is -0.396 e. The summed E-state index contributed by atoms with van der Waals surface area (Å²) in [4.78, 5) is 0. The molecular weight excluding hydrogens is 484 g/mol. The molecule has 0 heterocycles. The summed E-state index contributed by atoms with van der Waals surface area (Å²) < 4.78 is 34.9. The van der Waals surface area contributed by atoms with Crippen molar-refractivity contribution in [1.29, 1.82) is 0 Å². The molecule has 0 aromatic rings. The summed E-state index contributed by atoms with van der Waals surface area (Å²) in [5.41, 5.74) is 0.0507. The summed E-state index contributed by atoms with van der Waals surface area (Å²) >= 11 is 0. The fraction of sp³-hybridized carbons (Fsp3) is 1.00. The quantitative estimate of drug-likeness (QED) is 0.285. The summed E-state index contributed by atoms with van der Waals surface area (Å²) in [6, 6.07) is 0. The van der Waals surface area contributed by atoms with Crippen LogP contribution in [0.3, 0.4) is 0 Å². The van der Waals surface area contributed by atoms with Gasteiger partial charge < -0.3 is 20.4 Å². The molecule has 0 aromatic heterocycles. The fourth-order valence-electron chi connectivity index (χ4n) is 9.49. The average molecular weight is 533 g/mol. The van der Waals surface area contributed by atoms with E-state index in [9.17, 15) is 28.8 Å². The number of hydrogen-bond acceptors (Lipinski definition) is 7. The molecule has 4 aliphatic rings. The van der Waals surface area contributed by atoms with Crippen LogP contribution >= 0.6 is 0 Å². The minimum atomic E-state index is -4.62. The molecule has 0 radical (unpaired) electrons. The summed E-state index contributed by atoms with van der Waals surface area (Å²) in [5, 5.41) is 42.1. The lowest BCUT2D eigenvalue weighted by atomic mass is 9.43. The molecule has 0 aromatic carbocycles. The van der Waals surface area contributed by atoms with E-state index in [1.807, 2.05) is 0 Å². The van der Waals surface area contributed by atoms with Crippen molar-refractivity contribution < 1.29 is 37.6 Å². The van der Waals surface area contributed by atoms with E-state index in [0.29, 0.717) is 42.4 Å². The van der Waals surface area contributed by atoms with Crippen LogP contribution in [0.5, 0.6) is 0 Å². The summed E-state index contributed by atoms with van der Waals surface area (Å²) in [6.07, 6.45) is 7.85. The molecule has 4 rings (SSSR count). The second kappa shape index (κ2) is 10.7. The van der Waals surface area contributed by atoms with Crippen LogP contribution in [-0.2, 0) is 14.6 Å². The van der Waals surface area contributed by atoms with Crippen LogP contribution in [0.25, 0.3) is 0 Å². The Hall–Kier alpha value is -0.290. The van der Waals surface area contributed by atoms with Crippen molar-refractivity contribution in [2.24, 2.45) is 52.3 Å². The van der Waals surface area contributed by atoms with Gasteiger partial charge in [0, 0.05) is 5.92 Å². The van der Waals surface area contributed by atoms with E-state index in [-0.39, 0.29) is 29.0 Å². The van der Waals surface area contributed by atoms with Crippen molar-refractivity contribution in [2.75, 3.05) is 13.2 Å². The normalized spacial score (nSPS) is 45.3. The third-order valence-corrected chi connectivity index (χ3v) is 12.1. The maximum absolute atomic E-state index is 11.7. The highest BCUT2D eigenvalue weighted by molar-refractivity contribution is 7.80. The SMILES string of the molecule is C[C@H](CC[C@@H](O)C(CO)COS(=O)(=O)O)[C@H]1CC[C@H]2[C@@H]3CC[C@@H]4C[C@H](O)CC[C@]4(C)[C@H]3C[C@H](O)[C@]12C. The second-order valence-corrected chi connectivity index (χ2v) is 14.3. The van der Waals surface area contributed by atoms with Gasteiger partial charge in [-0.3, -0.25) is 4.55 Å². The van der Waals surface area contributed by atoms with E-state index in [1.165, 1.54) is 12.8 Å². The van der Waals surface area contributed by atoms with Crippen LogP contribution in [-0.4, -0.2) is 64.9 Å². The van der Waals surface area contributed by atoms with Crippen LogP contribution in [0.1, 0.15) is 85.0 Å². The number of hydrogen-bond donors (Lipinski definition) is 5. The Morgan fingerprint density at radius 3 is 2.39 bits per heavy atom. The predicted octanol–water partition coefficient (Wildman–Crippen LogP) is 3.18. The first kappa shape index (κ1) is 28.7. The van der Waals surface area contributed by atoms with Crippen molar-refractivity contribution >= 4 is 10.4 Å². The molecule has 210 valence electrons. The van der Waals surface area contributed by atoms with Crippen LogP contribution in [0.2, 0.25) is 0 Å². The Morgan fingerprint density at radius 2 is 1.72 bits per heavy atom. The van der Waals surface area contributed by atoms with Gasteiger partial charge in [-0.25, -0.2) is 4.18 Å². The molecule has 0 amide bonds. The number of aliphatic hydroxyl groups excluding tert-OH is 4. The van der Waals surface area contributed by atoms with E-state index >= 15 is 0 Å². The molecule has 0 saturated heterocycles. The van der Waals surface area contributed by atoms with Gasteiger partial charge in [-0.05, 0) is 111 Å². The van der Waals surface area contributed by atoms with E-state index in [1.54, 1.807) is 0 Å². The zero-order valence-corrected chi connectivity index (χ0v) is 22.9. The Bertz CT molecular complexity index is 866. The lowest BCUT2D eigenvalue weighted by molar-refractivity contribution is -0.175. The fourth-order valence-corrected chi connectivity index (χ4v) is 9.84. The molecule has 8 nitrogen and oxygen atoms in total. The third kappa shape index (κ3) is 5.27. The standard InChI is InChI=1S/C27H48O8S/c1-16(4-9-24(30)17(14-28)15-35-36(32,33)34)21-7-8-22-20-6-5-18-12-19(29)10-11-26(18,2)23(20)13-25(31)27(21,22)3/h16-25,28-31H,4-15H2,1-3H3,(H,32,33,34)/t16-,17?,18-,19-,20+,21-,22+,23+,24-,25+,26+,27-/m1/s1. The monoisotopic (exact) mass is 532 g/mol. The third-order valence-electron chi connectivity index (χ3n) is 11.6. The number of aliphatic hydroxyl groups is 4. The zero-order chi connectivity index (χ0) is 26.5. The molecule has 5 N–H and O–H groups in total.